The van der Waals surface area contributed by atoms with E-state index >= 15 is 0 Å². The largest absolute Gasteiger partial charge is 0.398 e. The van der Waals surface area contributed by atoms with E-state index in [0.29, 0.717) is 29.1 Å². The summed E-state index contributed by atoms with van der Waals surface area (Å²) in [6.45, 7) is 5.40. The summed E-state index contributed by atoms with van der Waals surface area (Å²) in [7, 11) is -3.74. The first kappa shape index (κ1) is 18.2. The van der Waals surface area contributed by atoms with Gasteiger partial charge in [0.2, 0.25) is 10.0 Å². The van der Waals surface area contributed by atoms with Crippen molar-refractivity contribution in [3.63, 3.8) is 0 Å². The molecule has 0 aliphatic carbocycles. The van der Waals surface area contributed by atoms with E-state index < -0.39 is 10.0 Å². The first-order valence-corrected chi connectivity index (χ1v) is 8.79. The zero-order valence-electron chi connectivity index (χ0n) is 12.6. The summed E-state index contributed by atoms with van der Waals surface area (Å²) < 4.78 is 26.9. The van der Waals surface area contributed by atoms with E-state index in [2.05, 4.69) is 0 Å². The molecule has 0 bridgehead atoms. The number of halogens is 1. The summed E-state index contributed by atoms with van der Waals surface area (Å²) in [5, 5.41) is 9.50. The summed E-state index contributed by atoms with van der Waals surface area (Å²) >= 11 is 6.04. The normalized spacial score (nSPS) is 12.3. The Morgan fingerprint density at radius 2 is 1.90 bits per heavy atom. The molecule has 0 amide bonds. The van der Waals surface area contributed by atoms with Gasteiger partial charge in [0.05, 0.1) is 11.5 Å². The second-order valence-electron chi connectivity index (χ2n) is 4.93. The number of hydrogen-bond donors (Lipinski definition) is 2. The molecular weight excluding hydrogens is 312 g/mol. The third kappa shape index (κ3) is 3.88. The molecule has 0 aromatic heterocycles. The molecule has 5 nitrogen and oxygen atoms in total. The Bertz CT molecular complexity index is 563. The lowest BCUT2D eigenvalue weighted by Gasteiger charge is -2.29. The van der Waals surface area contributed by atoms with E-state index in [-0.39, 0.29) is 24.1 Å². The highest BCUT2D eigenvalue weighted by Gasteiger charge is 2.30. The molecule has 1 aromatic carbocycles. The molecule has 3 N–H and O–H groups in total. The van der Waals surface area contributed by atoms with Gasteiger partial charge in [-0.1, -0.05) is 25.4 Å². The van der Waals surface area contributed by atoms with Crippen molar-refractivity contribution in [3.05, 3.63) is 22.7 Å². The Morgan fingerprint density at radius 3 is 2.33 bits per heavy atom. The number of sulfonamides is 1. The van der Waals surface area contributed by atoms with Crippen LogP contribution in [0.5, 0.6) is 0 Å². The van der Waals surface area contributed by atoms with Gasteiger partial charge in [0.15, 0.2) is 0 Å². The molecular formula is C14H23ClN2O3S. The highest BCUT2D eigenvalue weighted by molar-refractivity contribution is 7.89. The van der Waals surface area contributed by atoms with E-state index in [1.54, 1.807) is 6.92 Å². The Labute approximate surface area is 131 Å². The number of aliphatic hydroxyl groups excluding tert-OH is 1. The Kier molecular flexibility index (Phi) is 6.46. The van der Waals surface area contributed by atoms with Crippen molar-refractivity contribution in [2.45, 2.75) is 44.6 Å². The SMILES string of the molecule is CCC(CC)N(CCO)S(=O)(=O)c1cc(N)c(C)c(Cl)c1. The van der Waals surface area contributed by atoms with Gasteiger partial charge in [-0.15, -0.1) is 0 Å². The van der Waals surface area contributed by atoms with Crippen LogP contribution in [0.4, 0.5) is 5.69 Å². The predicted octanol–water partition coefficient (Wildman–Crippen LogP) is 2.40. The average Bonchev–Trinajstić information content (AvgIpc) is 2.44. The van der Waals surface area contributed by atoms with Crippen LogP contribution in [-0.4, -0.2) is 37.0 Å². The quantitative estimate of drug-likeness (QED) is 0.750. The Hall–Kier alpha value is -0.820. The number of nitrogens with two attached hydrogens (primary N) is 1. The van der Waals surface area contributed by atoms with Crippen LogP contribution in [0.25, 0.3) is 0 Å². The van der Waals surface area contributed by atoms with Crippen molar-refractivity contribution in [1.82, 2.24) is 4.31 Å². The lowest BCUT2D eigenvalue weighted by Crippen LogP contribution is -2.41. The minimum atomic E-state index is -3.74. The number of rotatable bonds is 7. The maximum absolute atomic E-state index is 12.8. The minimum absolute atomic E-state index is 0.0556. The van der Waals surface area contributed by atoms with Crippen molar-refractivity contribution in [1.29, 1.82) is 0 Å². The van der Waals surface area contributed by atoms with Gasteiger partial charge >= 0.3 is 0 Å². The summed E-state index contributed by atoms with van der Waals surface area (Å²) in [4.78, 5) is 0.0657. The summed E-state index contributed by atoms with van der Waals surface area (Å²) in [6.07, 6.45) is 1.34. The zero-order valence-corrected chi connectivity index (χ0v) is 14.2. The molecule has 120 valence electrons. The fourth-order valence-corrected chi connectivity index (χ4v) is 4.37. The number of benzene rings is 1. The minimum Gasteiger partial charge on any atom is -0.398 e. The summed E-state index contributed by atoms with van der Waals surface area (Å²) in [6, 6.07) is 2.67. The van der Waals surface area contributed by atoms with Crippen molar-refractivity contribution < 1.29 is 13.5 Å². The molecule has 1 aromatic rings. The number of aliphatic hydroxyl groups is 1. The van der Waals surface area contributed by atoms with E-state index in [4.69, 9.17) is 17.3 Å². The molecule has 0 aliphatic heterocycles. The van der Waals surface area contributed by atoms with Gasteiger partial charge in [0.1, 0.15) is 0 Å². The molecule has 0 fully saturated rings. The first-order valence-electron chi connectivity index (χ1n) is 6.97. The third-order valence-electron chi connectivity index (χ3n) is 3.63. The lowest BCUT2D eigenvalue weighted by molar-refractivity contribution is 0.219. The van der Waals surface area contributed by atoms with Gasteiger partial charge in [-0.05, 0) is 37.5 Å². The molecule has 0 saturated heterocycles. The maximum atomic E-state index is 12.8. The van der Waals surface area contributed by atoms with Gasteiger partial charge in [-0.3, -0.25) is 0 Å². The van der Waals surface area contributed by atoms with E-state index in [0.717, 1.165) is 0 Å². The van der Waals surface area contributed by atoms with Crippen LogP contribution in [0, 0.1) is 6.92 Å². The molecule has 1 rings (SSSR count). The maximum Gasteiger partial charge on any atom is 0.243 e. The second-order valence-corrected chi connectivity index (χ2v) is 7.23. The fourth-order valence-electron chi connectivity index (χ4n) is 2.25. The van der Waals surface area contributed by atoms with Crippen molar-refractivity contribution in [2.24, 2.45) is 0 Å². The molecule has 0 radical (unpaired) electrons. The van der Waals surface area contributed by atoms with Crippen LogP contribution in [0.1, 0.15) is 32.3 Å². The number of nitrogens with zero attached hydrogens (tertiary/aromatic N) is 1. The van der Waals surface area contributed by atoms with Crippen LogP contribution >= 0.6 is 11.6 Å². The molecule has 0 saturated carbocycles. The summed E-state index contributed by atoms with van der Waals surface area (Å²) in [5.74, 6) is 0. The topological polar surface area (TPSA) is 83.6 Å². The van der Waals surface area contributed by atoms with Crippen LogP contribution in [0.3, 0.4) is 0 Å². The molecule has 0 aliphatic rings. The molecule has 21 heavy (non-hydrogen) atoms. The van der Waals surface area contributed by atoms with Crippen LogP contribution in [0.2, 0.25) is 5.02 Å². The average molecular weight is 335 g/mol. The van der Waals surface area contributed by atoms with Gasteiger partial charge < -0.3 is 10.8 Å². The molecule has 0 atom stereocenters. The van der Waals surface area contributed by atoms with Crippen LogP contribution < -0.4 is 5.73 Å². The molecule has 0 heterocycles. The number of anilines is 1. The molecule has 7 heteroatoms. The second kappa shape index (κ2) is 7.45. The van der Waals surface area contributed by atoms with Crippen LogP contribution in [-0.2, 0) is 10.0 Å². The predicted molar refractivity (Wildman–Crippen MR) is 85.9 cm³/mol. The molecule has 0 spiro atoms. The molecule has 0 unspecified atom stereocenters. The smallest absolute Gasteiger partial charge is 0.243 e. The van der Waals surface area contributed by atoms with E-state index in [1.807, 2.05) is 13.8 Å². The standard InChI is InChI=1S/C14H23ClN2O3S/c1-4-11(5-2)17(6-7-18)21(19,20)12-8-13(15)10(3)14(16)9-12/h8-9,11,18H,4-7,16H2,1-3H3. The zero-order chi connectivity index (χ0) is 16.2. The Morgan fingerprint density at radius 1 is 1.33 bits per heavy atom. The van der Waals surface area contributed by atoms with Crippen molar-refractivity contribution >= 4 is 27.3 Å². The van der Waals surface area contributed by atoms with Crippen molar-refractivity contribution in [3.8, 4) is 0 Å². The summed E-state index contributed by atoms with van der Waals surface area (Å²) in [5.41, 5.74) is 6.82. The number of hydrogen-bond acceptors (Lipinski definition) is 4. The monoisotopic (exact) mass is 334 g/mol. The fraction of sp³-hybridized carbons (Fsp3) is 0.571. The van der Waals surface area contributed by atoms with Crippen molar-refractivity contribution in [2.75, 3.05) is 18.9 Å². The lowest BCUT2D eigenvalue weighted by atomic mass is 10.2. The van der Waals surface area contributed by atoms with Gasteiger partial charge in [0, 0.05) is 23.3 Å². The highest BCUT2D eigenvalue weighted by atomic mass is 35.5. The van der Waals surface area contributed by atoms with E-state index in [1.165, 1.54) is 16.4 Å². The number of nitrogen functional groups attached to an aromatic ring is 1. The Balaban J connectivity index is 3.35. The van der Waals surface area contributed by atoms with Gasteiger partial charge in [-0.25, -0.2) is 8.42 Å². The highest BCUT2D eigenvalue weighted by Crippen LogP contribution is 2.29. The van der Waals surface area contributed by atoms with Crippen LogP contribution in [0.15, 0.2) is 17.0 Å². The van der Waals surface area contributed by atoms with E-state index in [9.17, 15) is 13.5 Å². The third-order valence-corrected chi connectivity index (χ3v) is 5.96. The first-order chi connectivity index (χ1) is 9.79. The van der Waals surface area contributed by atoms with Gasteiger partial charge in [-0.2, -0.15) is 4.31 Å². The van der Waals surface area contributed by atoms with Gasteiger partial charge in [0.25, 0.3) is 0 Å².